The van der Waals surface area contributed by atoms with E-state index in [0.717, 1.165) is 0 Å². The van der Waals surface area contributed by atoms with Crippen molar-refractivity contribution in [3.8, 4) is 0 Å². The van der Waals surface area contributed by atoms with E-state index in [9.17, 15) is 18.0 Å². The molecule has 92 valence electrons. The van der Waals surface area contributed by atoms with E-state index in [0.29, 0.717) is 0 Å². The maximum absolute atomic E-state index is 12.3. The maximum atomic E-state index is 12.3. The number of carbonyl (C=O) groups is 1. The first-order chi connectivity index (χ1) is 7.16. The van der Waals surface area contributed by atoms with Crippen LogP contribution >= 0.6 is 0 Å². The molecule has 1 saturated heterocycles. The third kappa shape index (κ3) is 2.53. The predicted molar refractivity (Wildman–Crippen MR) is 46.3 cm³/mol. The van der Waals surface area contributed by atoms with Crippen LogP contribution in [0, 0.1) is 0 Å². The second-order valence-corrected chi connectivity index (χ2v) is 3.60. The van der Waals surface area contributed by atoms with Gasteiger partial charge in [-0.15, -0.1) is 0 Å². The van der Waals surface area contributed by atoms with E-state index in [2.05, 4.69) is 16.1 Å². The van der Waals surface area contributed by atoms with Gasteiger partial charge in [-0.1, -0.05) is 6.58 Å². The zero-order valence-corrected chi connectivity index (χ0v) is 8.50. The van der Waals surface area contributed by atoms with Gasteiger partial charge in [-0.25, -0.2) is 4.79 Å². The third-order valence-corrected chi connectivity index (χ3v) is 2.08. The molecule has 1 heterocycles. The molecule has 2 unspecified atom stereocenters. The van der Waals surface area contributed by atoms with Gasteiger partial charge in [0.1, 0.15) is 6.10 Å². The molecule has 2 atom stereocenters. The number of hydrogen-bond acceptors (Lipinski definition) is 4. The fraction of sp³-hybridized carbons (Fsp3) is 0.667. The monoisotopic (exact) mass is 240 g/mol. The van der Waals surface area contributed by atoms with Gasteiger partial charge in [-0.2, -0.15) is 13.2 Å². The van der Waals surface area contributed by atoms with Gasteiger partial charge in [0.2, 0.25) is 0 Å². The summed E-state index contributed by atoms with van der Waals surface area (Å²) in [6, 6.07) is 0. The van der Waals surface area contributed by atoms with Gasteiger partial charge in [0, 0.05) is 5.57 Å². The lowest BCUT2D eigenvalue weighted by Gasteiger charge is -2.23. The Morgan fingerprint density at radius 1 is 1.62 bits per heavy atom. The van der Waals surface area contributed by atoms with Gasteiger partial charge in [-0.05, 0) is 6.92 Å². The summed E-state index contributed by atoms with van der Waals surface area (Å²) < 4.78 is 45.7. The molecule has 0 bridgehead atoms. The fourth-order valence-electron chi connectivity index (χ4n) is 1.18. The maximum Gasteiger partial charge on any atom is 0.443 e. The largest absolute Gasteiger partial charge is 0.456 e. The zero-order chi connectivity index (χ0) is 12.6. The molecule has 1 aliphatic heterocycles. The molecule has 0 aromatic rings. The van der Waals surface area contributed by atoms with E-state index in [1.807, 2.05) is 0 Å². The summed E-state index contributed by atoms with van der Waals surface area (Å²) in [6.45, 7) is 4.16. The molecule has 0 saturated carbocycles. The quantitative estimate of drug-likeness (QED) is 0.581. The number of alkyl halides is 3. The molecular formula is C9H11F3O4. The Labute approximate surface area is 89.6 Å². The number of esters is 1. The summed E-state index contributed by atoms with van der Waals surface area (Å²) in [4.78, 5) is 11.0. The fourth-order valence-corrected chi connectivity index (χ4v) is 1.18. The van der Waals surface area contributed by atoms with Crippen molar-refractivity contribution in [3.05, 3.63) is 12.2 Å². The third-order valence-electron chi connectivity index (χ3n) is 2.08. The number of rotatable bonds is 2. The molecule has 0 aromatic carbocycles. The van der Waals surface area contributed by atoms with E-state index in [4.69, 9.17) is 5.11 Å². The molecular weight excluding hydrogens is 229 g/mol. The summed E-state index contributed by atoms with van der Waals surface area (Å²) in [5.74, 6) is -4.03. The van der Waals surface area contributed by atoms with Crippen LogP contribution < -0.4 is 0 Å². The molecule has 4 nitrogen and oxygen atoms in total. The molecule has 1 rings (SSSR count). The number of hydrogen-bond donors (Lipinski definition) is 1. The standard InChI is InChI=1S/C9H11F3O4/c1-5(2)7(13)16-6-3-8(14,15-4-6)9(10,11)12/h6,14H,1,3-4H2,2H3. The summed E-state index contributed by atoms with van der Waals surface area (Å²) in [7, 11) is 0. The van der Waals surface area contributed by atoms with Crippen molar-refractivity contribution in [2.24, 2.45) is 0 Å². The van der Waals surface area contributed by atoms with E-state index in [-0.39, 0.29) is 5.57 Å². The Balaban J connectivity index is 2.60. The van der Waals surface area contributed by atoms with Crippen LogP contribution in [-0.2, 0) is 14.3 Å². The molecule has 1 aliphatic rings. The van der Waals surface area contributed by atoms with Crippen LogP contribution in [0.1, 0.15) is 13.3 Å². The topological polar surface area (TPSA) is 55.8 Å². The first kappa shape index (κ1) is 13.0. The SMILES string of the molecule is C=C(C)C(=O)OC1COC(O)(C(F)(F)F)C1. The number of halogens is 3. The minimum atomic E-state index is -4.91. The van der Waals surface area contributed by atoms with Crippen molar-refractivity contribution in [2.45, 2.75) is 31.4 Å². The first-order valence-corrected chi connectivity index (χ1v) is 4.45. The van der Waals surface area contributed by atoms with Gasteiger partial charge < -0.3 is 14.6 Å². The van der Waals surface area contributed by atoms with Crippen LogP contribution in [0.5, 0.6) is 0 Å². The average Bonchev–Trinajstić information content (AvgIpc) is 2.47. The summed E-state index contributed by atoms with van der Waals surface area (Å²) >= 11 is 0. The Bertz CT molecular complexity index is 312. The molecule has 1 N–H and O–H groups in total. The second kappa shape index (κ2) is 4.06. The normalized spacial score (nSPS) is 30.2. The van der Waals surface area contributed by atoms with Crippen LogP contribution in [0.4, 0.5) is 13.2 Å². The highest BCUT2D eigenvalue weighted by molar-refractivity contribution is 5.87. The second-order valence-electron chi connectivity index (χ2n) is 3.60. The highest BCUT2D eigenvalue weighted by atomic mass is 19.4. The van der Waals surface area contributed by atoms with E-state index in [1.165, 1.54) is 6.92 Å². The van der Waals surface area contributed by atoms with Crippen molar-refractivity contribution >= 4 is 5.97 Å². The lowest BCUT2D eigenvalue weighted by atomic mass is 10.1. The van der Waals surface area contributed by atoms with Gasteiger partial charge >= 0.3 is 12.1 Å². The summed E-state index contributed by atoms with van der Waals surface area (Å²) in [6.07, 6.45) is -6.84. The molecule has 0 aromatic heterocycles. The van der Waals surface area contributed by atoms with Crippen LogP contribution in [0.25, 0.3) is 0 Å². The first-order valence-electron chi connectivity index (χ1n) is 4.45. The highest BCUT2D eigenvalue weighted by Crippen LogP contribution is 2.39. The zero-order valence-electron chi connectivity index (χ0n) is 8.50. The van der Waals surface area contributed by atoms with Crippen molar-refractivity contribution in [1.82, 2.24) is 0 Å². The molecule has 0 spiro atoms. The van der Waals surface area contributed by atoms with Gasteiger partial charge in [-0.3, -0.25) is 0 Å². The molecule has 7 heteroatoms. The van der Waals surface area contributed by atoms with Crippen molar-refractivity contribution in [2.75, 3.05) is 6.61 Å². The molecule has 16 heavy (non-hydrogen) atoms. The van der Waals surface area contributed by atoms with Gasteiger partial charge in [0.15, 0.2) is 0 Å². The van der Waals surface area contributed by atoms with Crippen LogP contribution in [0.2, 0.25) is 0 Å². The minimum absolute atomic E-state index is 0.0717. The average molecular weight is 240 g/mol. The van der Waals surface area contributed by atoms with Gasteiger partial charge in [0.05, 0.1) is 13.0 Å². The number of aliphatic hydroxyl groups is 1. The van der Waals surface area contributed by atoms with Gasteiger partial charge in [0.25, 0.3) is 5.79 Å². The highest BCUT2D eigenvalue weighted by Gasteiger charge is 2.60. The minimum Gasteiger partial charge on any atom is -0.456 e. The Kier molecular flexibility index (Phi) is 3.30. The van der Waals surface area contributed by atoms with Crippen LogP contribution in [0.3, 0.4) is 0 Å². The van der Waals surface area contributed by atoms with E-state index < -0.39 is 37.1 Å². The number of carbonyl (C=O) groups excluding carboxylic acids is 1. The predicted octanol–water partition coefficient (Wildman–Crippen LogP) is 1.15. The lowest BCUT2D eigenvalue weighted by molar-refractivity contribution is -0.349. The van der Waals surface area contributed by atoms with Crippen molar-refractivity contribution in [3.63, 3.8) is 0 Å². The van der Waals surface area contributed by atoms with Crippen molar-refractivity contribution in [1.29, 1.82) is 0 Å². The lowest BCUT2D eigenvalue weighted by Crippen LogP contribution is -2.44. The summed E-state index contributed by atoms with van der Waals surface area (Å²) in [5, 5.41) is 9.09. The Morgan fingerprint density at radius 2 is 2.19 bits per heavy atom. The molecule has 0 amide bonds. The summed E-state index contributed by atoms with van der Waals surface area (Å²) in [5.41, 5.74) is 0.0717. The smallest absolute Gasteiger partial charge is 0.443 e. The molecule has 0 aliphatic carbocycles. The van der Waals surface area contributed by atoms with Crippen LogP contribution in [-0.4, -0.2) is 35.8 Å². The molecule has 1 fully saturated rings. The van der Waals surface area contributed by atoms with E-state index in [1.54, 1.807) is 0 Å². The van der Waals surface area contributed by atoms with E-state index >= 15 is 0 Å². The van der Waals surface area contributed by atoms with Crippen LogP contribution in [0.15, 0.2) is 12.2 Å². The Hall–Kier alpha value is -1.08. The Morgan fingerprint density at radius 3 is 2.56 bits per heavy atom. The van der Waals surface area contributed by atoms with Crippen molar-refractivity contribution < 1.29 is 32.5 Å². The molecule has 0 radical (unpaired) electrons. The number of ether oxygens (including phenoxy) is 2.